The second-order valence-corrected chi connectivity index (χ2v) is 8.51. The van der Waals surface area contributed by atoms with E-state index in [0.29, 0.717) is 6.61 Å². The van der Waals surface area contributed by atoms with Crippen LogP contribution in [0.25, 0.3) is 0 Å². The van der Waals surface area contributed by atoms with Crippen molar-refractivity contribution in [2.45, 2.75) is 130 Å². The van der Waals surface area contributed by atoms with Crippen LogP contribution in [-0.4, -0.2) is 17.7 Å². The number of carbonyl (C=O) groups is 1. The van der Waals surface area contributed by atoms with Crippen molar-refractivity contribution in [3.63, 3.8) is 0 Å². The Morgan fingerprint density at radius 2 is 1.06 bits per heavy atom. The average molecular weight is 463 g/mol. The highest BCUT2D eigenvalue weighted by atomic mass is 16.5. The van der Waals surface area contributed by atoms with Gasteiger partial charge in [-0.1, -0.05) is 95.2 Å². The Morgan fingerprint density at radius 1 is 0.606 bits per heavy atom. The van der Waals surface area contributed by atoms with E-state index in [9.17, 15) is 4.79 Å². The van der Waals surface area contributed by atoms with E-state index in [1.165, 1.54) is 96.7 Å². The number of hydrogen-bond acceptors (Lipinski definition) is 3. The molecule has 0 spiro atoms. The topological polar surface area (TPSA) is 46.5 Å². The summed E-state index contributed by atoms with van der Waals surface area (Å²) < 4.78 is 4.72. The molecular formula is C30H54O3. The Balaban J connectivity index is 0. The largest absolute Gasteiger partial charge is 0.435 e. The van der Waals surface area contributed by atoms with Gasteiger partial charge in [-0.2, -0.15) is 0 Å². The van der Waals surface area contributed by atoms with Gasteiger partial charge in [-0.3, -0.25) is 4.79 Å². The molecule has 3 heteroatoms. The third kappa shape index (κ3) is 38.0. The molecule has 0 fully saturated rings. The molecule has 3 nitrogen and oxygen atoms in total. The van der Waals surface area contributed by atoms with Crippen LogP contribution in [0.2, 0.25) is 0 Å². The summed E-state index contributed by atoms with van der Waals surface area (Å²) in [4.78, 5) is 10.5. The van der Waals surface area contributed by atoms with E-state index in [1.54, 1.807) is 0 Å². The standard InChI is InChI=1S/C18H32O2.C12H22O/c1-3-4-5-6-7-8-9-10-11-12-13-14-15-16-17-20-18(2)19;1-2-3-4-5-6-7-8-9-10-11-12-13/h8-9,16-17H,3-7,10-15H2,1-2H3;5-8,13H,2-4,9-12H2,1H3/b9-8-,17-16+;6-5+,8-7-. The lowest BCUT2D eigenvalue weighted by atomic mass is 10.1. The fraction of sp³-hybridized carbons (Fsp3) is 0.700. The summed E-state index contributed by atoms with van der Waals surface area (Å²) in [5, 5.41) is 8.53. The first-order valence-corrected chi connectivity index (χ1v) is 13.6. The van der Waals surface area contributed by atoms with Crippen LogP contribution in [0.1, 0.15) is 130 Å². The smallest absolute Gasteiger partial charge is 0.307 e. The summed E-state index contributed by atoms with van der Waals surface area (Å²) in [6.45, 7) is 6.20. The van der Waals surface area contributed by atoms with Crippen LogP contribution in [0, 0.1) is 0 Å². The Labute approximate surface area is 206 Å². The van der Waals surface area contributed by atoms with Crippen molar-refractivity contribution in [3.05, 3.63) is 48.8 Å². The average Bonchev–Trinajstić information content (AvgIpc) is 2.81. The van der Waals surface area contributed by atoms with Crippen LogP contribution >= 0.6 is 0 Å². The normalized spacial score (nSPS) is 11.6. The zero-order chi connectivity index (χ0) is 24.7. The van der Waals surface area contributed by atoms with Gasteiger partial charge in [0.05, 0.1) is 6.26 Å². The van der Waals surface area contributed by atoms with E-state index in [-0.39, 0.29) is 5.97 Å². The zero-order valence-corrected chi connectivity index (χ0v) is 22.1. The Bertz CT molecular complexity index is 489. The zero-order valence-electron chi connectivity index (χ0n) is 22.1. The molecule has 0 aliphatic carbocycles. The number of unbranched alkanes of at least 4 members (excludes halogenated alkanes) is 13. The molecule has 0 saturated heterocycles. The van der Waals surface area contributed by atoms with Crippen LogP contribution in [0.15, 0.2) is 48.8 Å². The summed E-state index contributed by atoms with van der Waals surface area (Å²) in [5.74, 6) is -0.247. The third-order valence-electron chi connectivity index (χ3n) is 5.10. The molecule has 192 valence electrons. The molecule has 0 aromatic heterocycles. The molecule has 0 unspecified atom stereocenters. The maximum atomic E-state index is 10.5. The minimum Gasteiger partial charge on any atom is -0.435 e. The molecule has 0 aliphatic rings. The second-order valence-electron chi connectivity index (χ2n) is 8.51. The molecule has 0 aliphatic heterocycles. The molecular weight excluding hydrogens is 408 g/mol. The number of allylic oxidation sites excluding steroid dienone is 7. The maximum Gasteiger partial charge on any atom is 0.307 e. The van der Waals surface area contributed by atoms with Gasteiger partial charge in [0.15, 0.2) is 0 Å². The number of aliphatic hydroxyl groups excluding tert-OH is 1. The van der Waals surface area contributed by atoms with Crippen LogP contribution in [-0.2, 0) is 9.53 Å². The monoisotopic (exact) mass is 462 g/mol. The molecule has 0 bridgehead atoms. The van der Waals surface area contributed by atoms with Crippen molar-refractivity contribution in [1.82, 2.24) is 0 Å². The summed E-state index contributed by atoms with van der Waals surface area (Å²) in [6, 6.07) is 0. The highest BCUT2D eigenvalue weighted by molar-refractivity contribution is 5.66. The van der Waals surface area contributed by atoms with E-state index < -0.39 is 0 Å². The van der Waals surface area contributed by atoms with Gasteiger partial charge in [0, 0.05) is 13.5 Å². The van der Waals surface area contributed by atoms with E-state index in [1.807, 2.05) is 6.08 Å². The van der Waals surface area contributed by atoms with Crippen LogP contribution in [0.3, 0.4) is 0 Å². The number of hydrogen-bond donors (Lipinski definition) is 1. The Kier molecular flexibility index (Phi) is 33.1. The predicted octanol–water partition coefficient (Wildman–Crippen LogP) is 9.38. The lowest BCUT2D eigenvalue weighted by Gasteiger charge is -1.97. The lowest BCUT2D eigenvalue weighted by Crippen LogP contribution is -1.89. The first-order valence-electron chi connectivity index (χ1n) is 13.6. The van der Waals surface area contributed by atoms with Crippen molar-refractivity contribution in [2.24, 2.45) is 0 Å². The molecule has 1 N–H and O–H groups in total. The summed E-state index contributed by atoms with van der Waals surface area (Å²) in [7, 11) is 0. The van der Waals surface area contributed by atoms with Crippen LogP contribution in [0.5, 0.6) is 0 Å². The lowest BCUT2D eigenvalue weighted by molar-refractivity contribution is -0.135. The molecule has 0 heterocycles. The molecule has 0 saturated carbocycles. The van der Waals surface area contributed by atoms with Crippen LogP contribution < -0.4 is 0 Å². The third-order valence-corrected chi connectivity index (χ3v) is 5.10. The van der Waals surface area contributed by atoms with Gasteiger partial charge in [0.1, 0.15) is 0 Å². The minimum atomic E-state index is -0.247. The Hall–Kier alpha value is -1.61. The van der Waals surface area contributed by atoms with Gasteiger partial charge >= 0.3 is 5.97 Å². The van der Waals surface area contributed by atoms with E-state index in [2.05, 4.69) is 50.3 Å². The van der Waals surface area contributed by atoms with Crippen LogP contribution in [0.4, 0.5) is 0 Å². The Morgan fingerprint density at radius 3 is 1.58 bits per heavy atom. The molecule has 0 aromatic rings. The van der Waals surface area contributed by atoms with Gasteiger partial charge in [-0.05, 0) is 70.3 Å². The maximum absolute atomic E-state index is 10.5. The first-order chi connectivity index (χ1) is 16.2. The van der Waals surface area contributed by atoms with E-state index in [4.69, 9.17) is 9.84 Å². The minimum absolute atomic E-state index is 0.247. The quantitative estimate of drug-likeness (QED) is 0.0607. The molecule has 33 heavy (non-hydrogen) atoms. The van der Waals surface area contributed by atoms with Gasteiger partial charge in [0.2, 0.25) is 0 Å². The van der Waals surface area contributed by atoms with Gasteiger partial charge in [-0.15, -0.1) is 0 Å². The highest BCUT2D eigenvalue weighted by Gasteiger charge is 1.89. The number of aliphatic hydroxyl groups is 1. The van der Waals surface area contributed by atoms with Crippen molar-refractivity contribution in [3.8, 4) is 0 Å². The highest BCUT2D eigenvalue weighted by Crippen LogP contribution is 2.08. The van der Waals surface area contributed by atoms with Crippen molar-refractivity contribution >= 4 is 5.97 Å². The predicted molar refractivity (Wildman–Crippen MR) is 145 cm³/mol. The van der Waals surface area contributed by atoms with Crippen molar-refractivity contribution in [2.75, 3.05) is 6.61 Å². The van der Waals surface area contributed by atoms with E-state index >= 15 is 0 Å². The molecule has 0 radical (unpaired) electrons. The molecule has 0 atom stereocenters. The van der Waals surface area contributed by atoms with Crippen molar-refractivity contribution < 1.29 is 14.6 Å². The van der Waals surface area contributed by atoms with Gasteiger partial charge in [-0.25, -0.2) is 0 Å². The second kappa shape index (κ2) is 32.6. The fourth-order valence-corrected chi connectivity index (χ4v) is 3.06. The van der Waals surface area contributed by atoms with Gasteiger partial charge in [0.25, 0.3) is 0 Å². The SMILES string of the molecule is CCCC/C=C/C=C\CCCCO.CCCCCC/C=C\CCCCCC/C=C/OC(C)=O. The summed E-state index contributed by atoms with van der Waals surface area (Å²) >= 11 is 0. The molecule has 0 amide bonds. The van der Waals surface area contributed by atoms with E-state index in [0.717, 1.165) is 25.7 Å². The fourth-order valence-electron chi connectivity index (χ4n) is 3.06. The number of esters is 1. The molecule has 0 rings (SSSR count). The molecule has 0 aromatic carbocycles. The number of ether oxygens (including phenoxy) is 1. The van der Waals surface area contributed by atoms with Crippen molar-refractivity contribution in [1.29, 1.82) is 0 Å². The number of carbonyl (C=O) groups excluding carboxylic acids is 1. The first kappa shape index (κ1) is 33.6. The van der Waals surface area contributed by atoms with Gasteiger partial charge < -0.3 is 9.84 Å². The summed E-state index contributed by atoms with van der Waals surface area (Å²) in [5.41, 5.74) is 0. The number of rotatable bonds is 21. The summed E-state index contributed by atoms with van der Waals surface area (Å²) in [6.07, 6.45) is 37.5.